The molecule has 1 rings (SSSR count). The van der Waals surface area contributed by atoms with Crippen molar-refractivity contribution in [2.24, 2.45) is 11.5 Å². The number of aromatic nitrogens is 1. The molecule has 1 aromatic rings. The molecule has 0 radical (unpaired) electrons. The second kappa shape index (κ2) is 6.70. The van der Waals surface area contributed by atoms with E-state index in [4.69, 9.17) is 5.73 Å². The molecule has 0 aliphatic heterocycles. The van der Waals surface area contributed by atoms with E-state index in [-0.39, 0.29) is 6.54 Å². The summed E-state index contributed by atoms with van der Waals surface area (Å²) in [6, 6.07) is 5.72. The Hall–Kier alpha value is -1.42. The van der Waals surface area contributed by atoms with Gasteiger partial charge in [-0.25, -0.2) is 0 Å². The van der Waals surface area contributed by atoms with Gasteiger partial charge in [0.05, 0.1) is 6.54 Å². The molecule has 1 aromatic heterocycles. The van der Waals surface area contributed by atoms with E-state index in [1.54, 1.807) is 12.4 Å². The number of hydrogen-bond acceptors (Lipinski definition) is 3. The lowest BCUT2D eigenvalue weighted by molar-refractivity contribution is -0.116. The summed E-state index contributed by atoms with van der Waals surface area (Å²) in [6.07, 6.45) is 3.50. The van der Waals surface area contributed by atoms with Gasteiger partial charge in [0.15, 0.2) is 0 Å². The first-order valence-electron chi connectivity index (χ1n) is 3.10. The first-order chi connectivity index (χ1) is 5.27. The van der Waals surface area contributed by atoms with Gasteiger partial charge in [-0.2, -0.15) is 0 Å². The molecule has 1 amide bonds. The predicted octanol–water partition coefficient (Wildman–Crippen LogP) is -0.488. The zero-order valence-corrected chi connectivity index (χ0v) is 6.10. The summed E-state index contributed by atoms with van der Waals surface area (Å²) in [4.78, 5) is 13.2. The van der Waals surface area contributed by atoms with Gasteiger partial charge >= 0.3 is 0 Å². The van der Waals surface area contributed by atoms with E-state index in [0.717, 1.165) is 0 Å². The van der Waals surface area contributed by atoms with Crippen LogP contribution in [0.5, 0.6) is 0 Å². The first kappa shape index (κ1) is 9.58. The highest BCUT2D eigenvalue weighted by molar-refractivity contribution is 5.75. The summed E-state index contributed by atoms with van der Waals surface area (Å²) >= 11 is 0. The zero-order valence-electron chi connectivity index (χ0n) is 6.10. The van der Waals surface area contributed by atoms with E-state index >= 15 is 0 Å². The van der Waals surface area contributed by atoms with E-state index in [9.17, 15) is 4.79 Å². The molecule has 4 heteroatoms. The number of nitrogens with zero attached hydrogens (tertiary/aromatic N) is 1. The van der Waals surface area contributed by atoms with Crippen LogP contribution in [-0.4, -0.2) is 17.4 Å². The SMILES string of the molecule is NCC(N)=O.c1ccncc1. The van der Waals surface area contributed by atoms with Crippen LogP contribution in [0, 0.1) is 0 Å². The molecule has 11 heavy (non-hydrogen) atoms. The van der Waals surface area contributed by atoms with E-state index in [2.05, 4.69) is 10.7 Å². The van der Waals surface area contributed by atoms with Crippen LogP contribution in [0.1, 0.15) is 0 Å². The van der Waals surface area contributed by atoms with Crippen LogP contribution in [0.25, 0.3) is 0 Å². The van der Waals surface area contributed by atoms with E-state index < -0.39 is 5.91 Å². The van der Waals surface area contributed by atoms with Crippen LogP contribution in [0.2, 0.25) is 0 Å². The maximum Gasteiger partial charge on any atom is 0.231 e. The lowest BCUT2D eigenvalue weighted by Gasteiger charge is -1.74. The molecule has 0 saturated carbocycles. The number of pyridine rings is 1. The van der Waals surface area contributed by atoms with E-state index in [1.807, 2.05) is 18.2 Å². The summed E-state index contributed by atoms with van der Waals surface area (Å²) < 4.78 is 0. The van der Waals surface area contributed by atoms with Crippen molar-refractivity contribution in [2.45, 2.75) is 0 Å². The molecule has 0 bridgehead atoms. The van der Waals surface area contributed by atoms with Gasteiger partial charge in [-0.3, -0.25) is 9.78 Å². The summed E-state index contributed by atoms with van der Waals surface area (Å²) in [5.74, 6) is -0.468. The third kappa shape index (κ3) is 8.58. The quantitative estimate of drug-likeness (QED) is 0.571. The second-order valence-electron chi connectivity index (χ2n) is 1.70. The zero-order chi connectivity index (χ0) is 8.53. The fraction of sp³-hybridized carbons (Fsp3) is 0.143. The Kier molecular flexibility index (Phi) is 5.83. The number of carbonyl (C=O) groups excluding carboxylic acids is 1. The molecule has 0 spiro atoms. The van der Waals surface area contributed by atoms with Crippen molar-refractivity contribution in [3.8, 4) is 0 Å². The van der Waals surface area contributed by atoms with Gasteiger partial charge in [-0.15, -0.1) is 0 Å². The van der Waals surface area contributed by atoms with Gasteiger partial charge in [-0.1, -0.05) is 6.07 Å². The minimum atomic E-state index is -0.468. The van der Waals surface area contributed by atoms with E-state index in [1.165, 1.54) is 0 Å². The largest absolute Gasteiger partial charge is 0.369 e. The summed E-state index contributed by atoms with van der Waals surface area (Å²) in [5.41, 5.74) is 9.22. The molecule has 0 fully saturated rings. The molecule has 4 nitrogen and oxygen atoms in total. The van der Waals surface area contributed by atoms with Crippen molar-refractivity contribution in [1.29, 1.82) is 0 Å². The van der Waals surface area contributed by atoms with Crippen LogP contribution in [0.3, 0.4) is 0 Å². The van der Waals surface area contributed by atoms with Crippen molar-refractivity contribution in [2.75, 3.05) is 6.54 Å². The number of primary amides is 1. The fourth-order valence-corrected chi connectivity index (χ4v) is 0.313. The van der Waals surface area contributed by atoms with Gasteiger partial charge in [-0.05, 0) is 12.1 Å². The Morgan fingerprint density at radius 2 is 1.73 bits per heavy atom. The van der Waals surface area contributed by atoms with E-state index in [0.29, 0.717) is 0 Å². The average molecular weight is 153 g/mol. The molecule has 0 aromatic carbocycles. The van der Waals surface area contributed by atoms with Crippen molar-refractivity contribution >= 4 is 5.91 Å². The summed E-state index contributed by atoms with van der Waals surface area (Å²) in [6.45, 7) is -0.0556. The van der Waals surface area contributed by atoms with Gasteiger partial charge in [0.1, 0.15) is 0 Å². The summed E-state index contributed by atoms with van der Waals surface area (Å²) in [5, 5.41) is 0. The maximum absolute atomic E-state index is 9.47. The van der Waals surface area contributed by atoms with Crippen LogP contribution in [0.4, 0.5) is 0 Å². The summed E-state index contributed by atoms with van der Waals surface area (Å²) in [7, 11) is 0. The normalized spacial score (nSPS) is 7.73. The van der Waals surface area contributed by atoms with Gasteiger partial charge in [0, 0.05) is 12.4 Å². The lowest BCUT2D eigenvalue weighted by Crippen LogP contribution is -2.21. The molecule has 0 aliphatic rings. The van der Waals surface area contributed by atoms with Crippen molar-refractivity contribution in [3.05, 3.63) is 30.6 Å². The van der Waals surface area contributed by atoms with Gasteiger partial charge in [0.25, 0.3) is 0 Å². The highest BCUT2D eigenvalue weighted by Gasteiger charge is 1.77. The molecule has 4 N–H and O–H groups in total. The fourth-order valence-electron chi connectivity index (χ4n) is 0.313. The van der Waals surface area contributed by atoms with Crippen molar-refractivity contribution in [3.63, 3.8) is 0 Å². The first-order valence-corrected chi connectivity index (χ1v) is 3.10. The number of nitrogens with two attached hydrogens (primary N) is 2. The second-order valence-corrected chi connectivity index (χ2v) is 1.70. The minimum Gasteiger partial charge on any atom is -0.369 e. The maximum atomic E-state index is 9.47. The minimum absolute atomic E-state index is 0.0556. The number of carbonyl (C=O) groups is 1. The number of amides is 1. The standard InChI is InChI=1S/C5H5N.C2H6N2O/c1-2-4-6-5-3-1;3-1-2(4)5/h1-5H;1,3H2,(H2,4,5). The van der Waals surface area contributed by atoms with Crippen molar-refractivity contribution in [1.82, 2.24) is 4.98 Å². The molecule has 0 aliphatic carbocycles. The third-order valence-electron chi connectivity index (χ3n) is 0.768. The molecule has 0 saturated heterocycles. The Labute approximate surface area is 65.2 Å². The molecule has 0 unspecified atom stereocenters. The van der Waals surface area contributed by atoms with Crippen LogP contribution >= 0.6 is 0 Å². The van der Waals surface area contributed by atoms with Gasteiger partial charge < -0.3 is 11.5 Å². The van der Waals surface area contributed by atoms with Gasteiger partial charge in [0.2, 0.25) is 5.91 Å². The van der Waals surface area contributed by atoms with Crippen molar-refractivity contribution < 1.29 is 4.79 Å². The molecule has 0 atom stereocenters. The Morgan fingerprint density at radius 3 is 1.82 bits per heavy atom. The van der Waals surface area contributed by atoms with Crippen LogP contribution in [-0.2, 0) is 4.79 Å². The lowest BCUT2D eigenvalue weighted by atomic mass is 10.5. The Balaban J connectivity index is 0.000000187. The smallest absolute Gasteiger partial charge is 0.231 e. The molecule has 1 heterocycles. The Bertz CT molecular complexity index is 161. The average Bonchev–Trinajstić information content (AvgIpc) is 2.09. The third-order valence-corrected chi connectivity index (χ3v) is 0.768. The number of hydrogen-bond donors (Lipinski definition) is 2. The molecular weight excluding hydrogens is 142 g/mol. The predicted molar refractivity (Wildman–Crippen MR) is 42.5 cm³/mol. The monoisotopic (exact) mass is 153 g/mol. The van der Waals surface area contributed by atoms with Crippen LogP contribution in [0.15, 0.2) is 30.6 Å². The number of rotatable bonds is 1. The van der Waals surface area contributed by atoms with Crippen LogP contribution < -0.4 is 11.5 Å². The Morgan fingerprint density at radius 1 is 1.27 bits per heavy atom. The molecule has 60 valence electrons. The topological polar surface area (TPSA) is 82.0 Å². The highest BCUT2D eigenvalue weighted by Crippen LogP contribution is 1.73. The highest BCUT2D eigenvalue weighted by atomic mass is 16.1. The molecular formula is C7H11N3O.